The highest BCUT2D eigenvalue weighted by atomic mass is 19.4. The number of aromatic nitrogens is 1. The van der Waals surface area contributed by atoms with Crippen molar-refractivity contribution < 1.29 is 22.8 Å². The van der Waals surface area contributed by atoms with Crippen LogP contribution in [-0.2, 0) is 22.3 Å². The summed E-state index contributed by atoms with van der Waals surface area (Å²) in [5.74, 6) is -2.05. The molecule has 9 heteroatoms. The zero-order chi connectivity index (χ0) is 18.3. The minimum absolute atomic E-state index is 0.107. The van der Waals surface area contributed by atoms with Crippen molar-refractivity contribution in [1.29, 1.82) is 0 Å². The quantitative estimate of drug-likeness (QED) is 0.502. The van der Waals surface area contributed by atoms with E-state index in [1.807, 2.05) is 5.43 Å². The normalized spacial score (nSPS) is 11.3. The summed E-state index contributed by atoms with van der Waals surface area (Å²) >= 11 is 0. The van der Waals surface area contributed by atoms with Gasteiger partial charge in [0.05, 0.1) is 11.8 Å². The molecule has 0 saturated carbocycles. The molecule has 0 spiro atoms. The van der Waals surface area contributed by atoms with E-state index in [0.29, 0.717) is 0 Å². The van der Waals surface area contributed by atoms with Crippen molar-refractivity contribution in [1.82, 2.24) is 15.7 Å². The Morgan fingerprint density at radius 1 is 1.08 bits per heavy atom. The number of rotatable bonds is 4. The molecule has 0 radical (unpaired) electrons. The van der Waals surface area contributed by atoms with Crippen LogP contribution in [0.5, 0.6) is 0 Å². The fourth-order valence-electron chi connectivity index (χ4n) is 1.84. The Morgan fingerprint density at radius 3 is 2.44 bits per heavy atom. The molecule has 25 heavy (non-hydrogen) atoms. The summed E-state index contributed by atoms with van der Waals surface area (Å²) in [7, 11) is 0. The van der Waals surface area contributed by atoms with Crippen LogP contribution >= 0.6 is 0 Å². The largest absolute Gasteiger partial charge is 0.417 e. The summed E-state index contributed by atoms with van der Waals surface area (Å²) in [6.45, 7) is 0.107. The molecule has 0 bridgehead atoms. The van der Waals surface area contributed by atoms with Gasteiger partial charge in [-0.05, 0) is 23.8 Å². The van der Waals surface area contributed by atoms with Crippen molar-refractivity contribution in [2.75, 3.05) is 0 Å². The average Bonchev–Trinajstić information content (AvgIpc) is 2.60. The van der Waals surface area contributed by atoms with E-state index in [1.54, 1.807) is 12.1 Å². The number of alkyl halides is 3. The van der Waals surface area contributed by atoms with Crippen molar-refractivity contribution in [3.05, 3.63) is 65.5 Å². The number of carbonyl (C=O) groups excluding carboxylic acids is 2. The van der Waals surface area contributed by atoms with Crippen LogP contribution in [0, 0.1) is 0 Å². The van der Waals surface area contributed by atoms with Gasteiger partial charge in [-0.3, -0.25) is 14.6 Å². The summed E-state index contributed by atoms with van der Waals surface area (Å²) in [6, 6.07) is 8.05. The monoisotopic (exact) mass is 350 g/mol. The fourth-order valence-corrected chi connectivity index (χ4v) is 1.84. The Balaban J connectivity index is 1.91. The first kappa shape index (κ1) is 18.1. The lowest BCUT2D eigenvalue weighted by molar-refractivity contribution is -0.139. The Morgan fingerprint density at radius 2 is 1.76 bits per heavy atom. The van der Waals surface area contributed by atoms with Crippen LogP contribution in [0.3, 0.4) is 0 Å². The molecule has 6 nitrogen and oxygen atoms in total. The summed E-state index contributed by atoms with van der Waals surface area (Å²) < 4.78 is 38.4. The number of hydrogen-bond donors (Lipinski definition) is 2. The minimum atomic E-state index is -4.55. The first-order valence-corrected chi connectivity index (χ1v) is 7.04. The van der Waals surface area contributed by atoms with E-state index < -0.39 is 23.6 Å². The Labute approximate surface area is 140 Å². The summed E-state index contributed by atoms with van der Waals surface area (Å²) in [4.78, 5) is 27.0. The summed E-state index contributed by atoms with van der Waals surface area (Å²) in [5.41, 5.74) is 1.50. The highest BCUT2D eigenvalue weighted by Crippen LogP contribution is 2.30. The van der Waals surface area contributed by atoms with Gasteiger partial charge in [0.2, 0.25) is 0 Å². The van der Waals surface area contributed by atoms with Crippen LogP contribution < -0.4 is 10.7 Å². The van der Waals surface area contributed by atoms with Crippen LogP contribution in [0.15, 0.2) is 53.9 Å². The van der Waals surface area contributed by atoms with Crippen molar-refractivity contribution in [3.63, 3.8) is 0 Å². The van der Waals surface area contributed by atoms with Gasteiger partial charge >= 0.3 is 18.0 Å². The number of hydrazone groups is 1. The van der Waals surface area contributed by atoms with E-state index in [1.165, 1.54) is 30.6 Å². The Bertz CT molecular complexity index is 776. The predicted octanol–water partition coefficient (Wildman–Crippen LogP) is 1.87. The third kappa shape index (κ3) is 5.41. The number of benzene rings is 1. The van der Waals surface area contributed by atoms with Crippen LogP contribution in [-0.4, -0.2) is 23.0 Å². The fraction of sp³-hybridized carbons (Fsp3) is 0.125. The van der Waals surface area contributed by atoms with Crippen molar-refractivity contribution >= 4 is 18.0 Å². The van der Waals surface area contributed by atoms with Crippen molar-refractivity contribution in [3.8, 4) is 0 Å². The number of halogens is 3. The van der Waals surface area contributed by atoms with E-state index in [9.17, 15) is 22.8 Å². The van der Waals surface area contributed by atoms with E-state index in [-0.39, 0.29) is 12.1 Å². The number of nitrogens with zero attached hydrogens (tertiary/aromatic N) is 2. The van der Waals surface area contributed by atoms with Crippen molar-refractivity contribution in [2.24, 2.45) is 5.10 Å². The Kier molecular flexibility index (Phi) is 5.83. The van der Waals surface area contributed by atoms with E-state index >= 15 is 0 Å². The van der Waals surface area contributed by atoms with E-state index in [0.717, 1.165) is 17.8 Å². The van der Waals surface area contributed by atoms with Gasteiger partial charge in [-0.2, -0.15) is 18.3 Å². The summed E-state index contributed by atoms with van der Waals surface area (Å²) in [6.07, 6.45) is -0.653. The van der Waals surface area contributed by atoms with Gasteiger partial charge in [-0.15, -0.1) is 0 Å². The highest BCUT2D eigenvalue weighted by Gasteiger charge is 2.32. The molecule has 0 aliphatic carbocycles. The molecule has 2 N–H and O–H groups in total. The molecule has 0 saturated heterocycles. The SMILES string of the molecule is O=C(NCc1ccncc1)C(=O)NN=Cc1ccccc1C(F)(F)F. The van der Waals surface area contributed by atoms with Crippen molar-refractivity contribution in [2.45, 2.75) is 12.7 Å². The van der Waals surface area contributed by atoms with Crippen LogP contribution in [0.1, 0.15) is 16.7 Å². The lowest BCUT2D eigenvalue weighted by Crippen LogP contribution is -2.37. The van der Waals surface area contributed by atoms with Gasteiger partial charge in [0, 0.05) is 24.5 Å². The maximum Gasteiger partial charge on any atom is 0.417 e. The molecule has 2 amide bonds. The Hall–Kier alpha value is -3.23. The number of pyridine rings is 1. The molecule has 1 aromatic heterocycles. The van der Waals surface area contributed by atoms with Crippen LogP contribution in [0.4, 0.5) is 13.2 Å². The van der Waals surface area contributed by atoms with Gasteiger partial charge in [0.25, 0.3) is 0 Å². The standard InChI is InChI=1S/C16H13F3N4O2/c17-16(18,19)13-4-2-1-3-12(13)10-22-23-15(25)14(24)21-9-11-5-7-20-8-6-11/h1-8,10H,9H2,(H,21,24)(H,23,25). The molecule has 0 aliphatic rings. The number of amides is 2. The molecule has 0 atom stereocenters. The zero-order valence-corrected chi connectivity index (χ0v) is 12.7. The van der Waals surface area contributed by atoms with Gasteiger partial charge in [-0.25, -0.2) is 5.43 Å². The number of hydrogen-bond acceptors (Lipinski definition) is 4. The third-order valence-electron chi connectivity index (χ3n) is 3.04. The van der Waals surface area contributed by atoms with Crippen LogP contribution in [0.2, 0.25) is 0 Å². The van der Waals surface area contributed by atoms with Gasteiger partial charge in [0.15, 0.2) is 0 Å². The zero-order valence-electron chi connectivity index (χ0n) is 12.7. The smallest absolute Gasteiger partial charge is 0.344 e. The number of nitrogens with one attached hydrogen (secondary N) is 2. The molecular weight excluding hydrogens is 337 g/mol. The predicted molar refractivity (Wildman–Crippen MR) is 83.3 cm³/mol. The average molecular weight is 350 g/mol. The number of carbonyl (C=O) groups is 2. The third-order valence-corrected chi connectivity index (χ3v) is 3.04. The van der Waals surface area contributed by atoms with E-state index in [2.05, 4.69) is 15.4 Å². The maximum atomic E-state index is 12.8. The molecule has 2 aromatic rings. The first-order chi connectivity index (χ1) is 11.9. The lowest BCUT2D eigenvalue weighted by Gasteiger charge is -2.09. The molecular formula is C16H13F3N4O2. The van der Waals surface area contributed by atoms with Crippen LogP contribution in [0.25, 0.3) is 0 Å². The van der Waals surface area contributed by atoms with Gasteiger partial charge in [0.1, 0.15) is 0 Å². The molecule has 2 rings (SSSR count). The maximum absolute atomic E-state index is 12.8. The second-order valence-corrected chi connectivity index (χ2v) is 4.82. The molecule has 1 aromatic carbocycles. The highest BCUT2D eigenvalue weighted by molar-refractivity contribution is 6.35. The molecule has 0 unspecified atom stereocenters. The molecule has 130 valence electrons. The minimum Gasteiger partial charge on any atom is -0.344 e. The first-order valence-electron chi connectivity index (χ1n) is 7.04. The van der Waals surface area contributed by atoms with E-state index in [4.69, 9.17) is 0 Å². The molecule has 1 heterocycles. The molecule has 0 aliphatic heterocycles. The molecule has 0 fully saturated rings. The summed E-state index contributed by atoms with van der Waals surface area (Å²) in [5, 5.41) is 5.75. The second-order valence-electron chi connectivity index (χ2n) is 4.82. The van der Waals surface area contributed by atoms with Gasteiger partial charge < -0.3 is 5.32 Å². The lowest BCUT2D eigenvalue weighted by atomic mass is 10.1. The van der Waals surface area contributed by atoms with Gasteiger partial charge in [-0.1, -0.05) is 18.2 Å². The topological polar surface area (TPSA) is 83.5 Å². The second kappa shape index (κ2) is 8.04.